The van der Waals surface area contributed by atoms with Crippen LogP contribution in [0.2, 0.25) is 0 Å². The number of phenols is 3. The molecule has 2 aromatic carbocycles. The standard InChI is InChI=1S/C20H14N2O4/c23-14-10-13(11-15(24)19(14)25)17-18(12-6-2-1-3-7-12)21-16-8-4-5-9-22(16)20(17)26/h1-11,23-25H. The molecule has 128 valence electrons. The number of aromatic nitrogens is 2. The highest BCUT2D eigenvalue weighted by Crippen LogP contribution is 2.40. The second-order valence-corrected chi connectivity index (χ2v) is 5.80. The summed E-state index contributed by atoms with van der Waals surface area (Å²) in [6, 6.07) is 16.9. The maximum Gasteiger partial charge on any atom is 0.266 e. The van der Waals surface area contributed by atoms with E-state index >= 15 is 0 Å². The van der Waals surface area contributed by atoms with Crippen LogP contribution in [-0.2, 0) is 0 Å². The van der Waals surface area contributed by atoms with Gasteiger partial charge in [0.15, 0.2) is 17.2 Å². The Kier molecular flexibility index (Phi) is 3.58. The summed E-state index contributed by atoms with van der Waals surface area (Å²) in [5.74, 6) is -1.67. The second kappa shape index (κ2) is 5.93. The molecule has 4 aromatic rings. The Hall–Kier alpha value is -3.80. The average Bonchev–Trinajstić information content (AvgIpc) is 2.66. The number of hydrogen-bond acceptors (Lipinski definition) is 5. The molecular formula is C20H14N2O4. The fourth-order valence-electron chi connectivity index (χ4n) is 2.90. The molecule has 3 N–H and O–H groups in total. The van der Waals surface area contributed by atoms with Crippen LogP contribution >= 0.6 is 0 Å². The molecule has 0 atom stereocenters. The van der Waals surface area contributed by atoms with Gasteiger partial charge < -0.3 is 15.3 Å². The topological polar surface area (TPSA) is 95.1 Å². The summed E-state index contributed by atoms with van der Waals surface area (Å²) in [6.07, 6.45) is 1.60. The first kappa shape index (κ1) is 15.7. The zero-order valence-corrected chi connectivity index (χ0v) is 13.5. The monoisotopic (exact) mass is 346 g/mol. The van der Waals surface area contributed by atoms with E-state index in [1.54, 1.807) is 24.4 Å². The Balaban J connectivity index is 2.13. The van der Waals surface area contributed by atoms with Crippen LogP contribution in [-0.4, -0.2) is 24.7 Å². The summed E-state index contributed by atoms with van der Waals surface area (Å²) in [7, 11) is 0. The number of rotatable bonds is 2. The first-order valence-electron chi connectivity index (χ1n) is 7.88. The largest absolute Gasteiger partial charge is 0.504 e. The van der Waals surface area contributed by atoms with Gasteiger partial charge in [-0.15, -0.1) is 0 Å². The zero-order valence-electron chi connectivity index (χ0n) is 13.5. The van der Waals surface area contributed by atoms with E-state index in [1.807, 2.05) is 30.3 Å². The molecule has 0 spiro atoms. The molecule has 6 nitrogen and oxygen atoms in total. The van der Waals surface area contributed by atoms with Crippen LogP contribution in [0.3, 0.4) is 0 Å². The fraction of sp³-hybridized carbons (Fsp3) is 0. The van der Waals surface area contributed by atoms with Crippen molar-refractivity contribution in [2.45, 2.75) is 0 Å². The SMILES string of the molecule is O=c1c(-c2cc(O)c(O)c(O)c2)c(-c2ccccc2)nc2ccccn12. The molecule has 0 saturated carbocycles. The highest BCUT2D eigenvalue weighted by molar-refractivity contribution is 5.83. The van der Waals surface area contributed by atoms with Gasteiger partial charge in [0.25, 0.3) is 5.56 Å². The summed E-state index contributed by atoms with van der Waals surface area (Å²) < 4.78 is 1.39. The van der Waals surface area contributed by atoms with E-state index in [2.05, 4.69) is 4.98 Å². The minimum Gasteiger partial charge on any atom is -0.504 e. The van der Waals surface area contributed by atoms with Gasteiger partial charge in [-0.1, -0.05) is 36.4 Å². The molecule has 0 aliphatic heterocycles. The van der Waals surface area contributed by atoms with Crippen LogP contribution < -0.4 is 5.56 Å². The summed E-state index contributed by atoms with van der Waals surface area (Å²) in [6.45, 7) is 0. The van der Waals surface area contributed by atoms with Gasteiger partial charge in [0.1, 0.15) is 5.65 Å². The van der Waals surface area contributed by atoms with E-state index in [0.29, 0.717) is 11.3 Å². The number of fused-ring (bicyclic) bond motifs is 1. The van der Waals surface area contributed by atoms with Gasteiger partial charge in [0.05, 0.1) is 11.3 Å². The molecule has 0 aliphatic carbocycles. The maximum atomic E-state index is 13.1. The van der Waals surface area contributed by atoms with Crippen LogP contribution in [0.1, 0.15) is 0 Å². The molecule has 2 heterocycles. The van der Waals surface area contributed by atoms with Crippen molar-refractivity contribution in [3.63, 3.8) is 0 Å². The van der Waals surface area contributed by atoms with Gasteiger partial charge in [-0.25, -0.2) is 4.98 Å². The molecule has 0 amide bonds. The number of pyridine rings is 1. The minimum atomic E-state index is -0.635. The zero-order chi connectivity index (χ0) is 18.3. The lowest BCUT2D eigenvalue weighted by atomic mass is 9.99. The highest BCUT2D eigenvalue weighted by Gasteiger charge is 2.19. The van der Waals surface area contributed by atoms with E-state index in [-0.39, 0.29) is 16.7 Å². The minimum absolute atomic E-state index is 0.213. The highest BCUT2D eigenvalue weighted by atomic mass is 16.3. The number of nitrogens with zero attached hydrogens (tertiary/aromatic N) is 2. The molecule has 0 unspecified atom stereocenters. The summed E-state index contributed by atoms with van der Waals surface area (Å²) in [5, 5.41) is 29.3. The molecule has 6 heteroatoms. The Bertz CT molecular complexity index is 1160. The maximum absolute atomic E-state index is 13.1. The van der Waals surface area contributed by atoms with Crippen molar-refractivity contribution >= 4 is 5.65 Å². The van der Waals surface area contributed by atoms with E-state index in [9.17, 15) is 20.1 Å². The first-order chi connectivity index (χ1) is 12.6. The van der Waals surface area contributed by atoms with E-state index in [1.165, 1.54) is 16.5 Å². The van der Waals surface area contributed by atoms with Crippen LogP contribution in [0.5, 0.6) is 17.2 Å². The van der Waals surface area contributed by atoms with Crippen LogP contribution in [0.4, 0.5) is 0 Å². The molecule has 0 saturated heterocycles. The van der Waals surface area contributed by atoms with Crippen molar-refractivity contribution in [1.29, 1.82) is 0 Å². The van der Waals surface area contributed by atoms with Crippen molar-refractivity contribution < 1.29 is 15.3 Å². The molecular weight excluding hydrogens is 332 g/mol. The Morgan fingerprint density at radius 2 is 1.46 bits per heavy atom. The van der Waals surface area contributed by atoms with Gasteiger partial charge in [-0.2, -0.15) is 0 Å². The Labute approximate surface area is 147 Å². The Morgan fingerprint density at radius 3 is 2.15 bits per heavy atom. The number of hydrogen-bond donors (Lipinski definition) is 3. The van der Waals surface area contributed by atoms with Crippen molar-refractivity contribution in [2.24, 2.45) is 0 Å². The van der Waals surface area contributed by atoms with E-state index in [0.717, 1.165) is 5.56 Å². The van der Waals surface area contributed by atoms with Crippen molar-refractivity contribution in [3.8, 4) is 39.6 Å². The van der Waals surface area contributed by atoms with Crippen LogP contribution in [0.25, 0.3) is 28.0 Å². The molecule has 2 aromatic heterocycles. The number of aromatic hydroxyl groups is 3. The summed E-state index contributed by atoms with van der Waals surface area (Å²) in [5.41, 5.74) is 1.74. The fourth-order valence-corrected chi connectivity index (χ4v) is 2.90. The van der Waals surface area contributed by atoms with Crippen molar-refractivity contribution in [3.05, 3.63) is 77.2 Å². The molecule has 0 bridgehead atoms. The average molecular weight is 346 g/mol. The predicted molar refractivity (Wildman–Crippen MR) is 97.3 cm³/mol. The molecule has 26 heavy (non-hydrogen) atoms. The van der Waals surface area contributed by atoms with Crippen molar-refractivity contribution in [1.82, 2.24) is 9.38 Å². The summed E-state index contributed by atoms with van der Waals surface area (Å²) >= 11 is 0. The first-order valence-corrected chi connectivity index (χ1v) is 7.88. The second-order valence-electron chi connectivity index (χ2n) is 5.80. The normalized spacial score (nSPS) is 10.9. The summed E-state index contributed by atoms with van der Waals surface area (Å²) in [4.78, 5) is 17.7. The lowest BCUT2D eigenvalue weighted by molar-refractivity contribution is 0.368. The Morgan fingerprint density at radius 1 is 0.808 bits per heavy atom. The number of phenolic OH excluding ortho intramolecular Hbond substituents is 3. The van der Waals surface area contributed by atoms with Gasteiger partial charge in [0.2, 0.25) is 0 Å². The van der Waals surface area contributed by atoms with E-state index < -0.39 is 17.2 Å². The van der Waals surface area contributed by atoms with Gasteiger partial charge in [-0.05, 0) is 29.8 Å². The number of benzene rings is 2. The van der Waals surface area contributed by atoms with Crippen LogP contribution in [0, 0.1) is 0 Å². The van der Waals surface area contributed by atoms with Gasteiger partial charge in [-0.3, -0.25) is 9.20 Å². The smallest absolute Gasteiger partial charge is 0.266 e. The lowest BCUT2D eigenvalue weighted by Gasteiger charge is -2.12. The van der Waals surface area contributed by atoms with Crippen LogP contribution in [0.15, 0.2) is 71.7 Å². The molecule has 0 fully saturated rings. The third kappa shape index (κ3) is 2.44. The van der Waals surface area contributed by atoms with Crippen molar-refractivity contribution in [2.75, 3.05) is 0 Å². The molecule has 0 aliphatic rings. The molecule has 0 radical (unpaired) electrons. The third-order valence-electron chi connectivity index (χ3n) is 4.14. The van der Waals surface area contributed by atoms with Gasteiger partial charge in [0, 0.05) is 11.8 Å². The predicted octanol–water partition coefficient (Wildman–Crippen LogP) is 3.15. The quantitative estimate of drug-likeness (QED) is 0.485. The lowest BCUT2D eigenvalue weighted by Crippen LogP contribution is -2.18. The molecule has 4 rings (SSSR count). The van der Waals surface area contributed by atoms with Gasteiger partial charge >= 0.3 is 0 Å². The third-order valence-corrected chi connectivity index (χ3v) is 4.14. The van der Waals surface area contributed by atoms with E-state index in [4.69, 9.17) is 0 Å².